The molecule has 8 heteroatoms. The van der Waals surface area contributed by atoms with Crippen LogP contribution in [0.2, 0.25) is 0 Å². The zero-order valence-electron chi connectivity index (χ0n) is 11.1. The van der Waals surface area contributed by atoms with E-state index >= 15 is 0 Å². The van der Waals surface area contributed by atoms with Crippen molar-refractivity contribution in [2.75, 3.05) is 0 Å². The maximum atomic E-state index is 12.5. The van der Waals surface area contributed by atoms with Crippen molar-refractivity contribution in [1.82, 2.24) is 14.3 Å². The van der Waals surface area contributed by atoms with Gasteiger partial charge in [0, 0.05) is 18.1 Å². The second-order valence-corrected chi connectivity index (χ2v) is 7.92. The number of imidazole rings is 1. The zero-order chi connectivity index (χ0) is 14.9. The van der Waals surface area contributed by atoms with Crippen LogP contribution >= 0.6 is 22.7 Å². The van der Waals surface area contributed by atoms with Crippen molar-refractivity contribution in [3.8, 4) is 0 Å². The Hall–Kier alpha value is -1.48. The van der Waals surface area contributed by atoms with Crippen molar-refractivity contribution in [3.05, 3.63) is 57.3 Å². The molecule has 0 radical (unpaired) electrons. The molecule has 1 N–H and O–H groups in total. The van der Waals surface area contributed by atoms with Crippen LogP contribution in [-0.2, 0) is 17.1 Å². The second-order valence-electron chi connectivity index (χ2n) is 4.50. The van der Waals surface area contributed by atoms with Crippen LogP contribution in [0.25, 0.3) is 0 Å². The van der Waals surface area contributed by atoms with Gasteiger partial charge in [0.15, 0.2) is 5.03 Å². The number of hydrogen-bond donors (Lipinski definition) is 1. The van der Waals surface area contributed by atoms with E-state index in [1.165, 1.54) is 23.9 Å². The average Bonchev–Trinajstić information content (AvgIpc) is 3.18. The highest BCUT2D eigenvalue weighted by Crippen LogP contribution is 2.29. The van der Waals surface area contributed by atoms with E-state index in [9.17, 15) is 8.42 Å². The smallest absolute Gasteiger partial charge is 0.260 e. The molecule has 3 heterocycles. The fourth-order valence-electron chi connectivity index (χ4n) is 1.93. The predicted molar refractivity (Wildman–Crippen MR) is 84.0 cm³/mol. The Labute approximate surface area is 131 Å². The highest BCUT2D eigenvalue weighted by Gasteiger charge is 2.25. The van der Waals surface area contributed by atoms with E-state index in [0.717, 1.165) is 10.4 Å². The van der Waals surface area contributed by atoms with Gasteiger partial charge in [0.1, 0.15) is 0 Å². The summed E-state index contributed by atoms with van der Waals surface area (Å²) in [6, 6.07) is 5.38. The molecule has 110 valence electrons. The van der Waals surface area contributed by atoms with Gasteiger partial charge in [-0.25, -0.2) is 13.4 Å². The Morgan fingerprint density at radius 1 is 1.33 bits per heavy atom. The summed E-state index contributed by atoms with van der Waals surface area (Å²) < 4.78 is 29.3. The number of aromatic nitrogens is 2. The van der Waals surface area contributed by atoms with Crippen LogP contribution in [-0.4, -0.2) is 18.0 Å². The number of hydrogen-bond acceptors (Lipinski definition) is 5. The maximum Gasteiger partial charge on any atom is 0.260 e. The molecule has 0 amide bonds. The summed E-state index contributed by atoms with van der Waals surface area (Å²) in [5.74, 6) is 0. The molecule has 0 aliphatic rings. The van der Waals surface area contributed by atoms with Crippen LogP contribution in [0.1, 0.15) is 16.5 Å². The van der Waals surface area contributed by atoms with Crippen LogP contribution in [0.5, 0.6) is 0 Å². The third kappa shape index (κ3) is 3.08. The fraction of sp³-hybridized carbons (Fsp3) is 0.154. The highest BCUT2D eigenvalue weighted by atomic mass is 32.2. The van der Waals surface area contributed by atoms with Crippen molar-refractivity contribution < 1.29 is 8.42 Å². The summed E-state index contributed by atoms with van der Waals surface area (Å²) in [4.78, 5) is 4.87. The average molecular weight is 339 g/mol. The van der Waals surface area contributed by atoms with Crippen molar-refractivity contribution >= 4 is 32.7 Å². The molecule has 1 atom stereocenters. The van der Waals surface area contributed by atoms with Crippen molar-refractivity contribution in [2.24, 2.45) is 7.05 Å². The van der Waals surface area contributed by atoms with E-state index in [-0.39, 0.29) is 11.1 Å². The Morgan fingerprint density at radius 3 is 2.76 bits per heavy atom. The summed E-state index contributed by atoms with van der Waals surface area (Å²) in [5, 5.41) is 5.85. The van der Waals surface area contributed by atoms with Crippen molar-refractivity contribution in [1.29, 1.82) is 0 Å². The Balaban J connectivity index is 1.96. The van der Waals surface area contributed by atoms with Crippen molar-refractivity contribution in [2.45, 2.75) is 11.1 Å². The van der Waals surface area contributed by atoms with Gasteiger partial charge in [0.05, 0.1) is 12.4 Å². The maximum absolute atomic E-state index is 12.5. The van der Waals surface area contributed by atoms with Gasteiger partial charge in [0.25, 0.3) is 10.0 Å². The first-order valence-corrected chi connectivity index (χ1v) is 9.42. The Morgan fingerprint density at radius 2 is 2.19 bits per heavy atom. The molecule has 5 nitrogen and oxygen atoms in total. The summed E-state index contributed by atoms with van der Waals surface area (Å²) in [7, 11) is -1.92. The van der Waals surface area contributed by atoms with Gasteiger partial charge >= 0.3 is 0 Å². The number of nitrogens with one attached hydrogen (secondary N) is 1. The van der Waals surface area contributed by atoms with E-state index in [4.69, 9.17) is 0 Å². The predicted octanol–water partition coefficient (Wildman–Crippen LogP) is 2.61. The van der Waals surface area contributed by atoms with Crippen LogP contribution in [0.15, 0.2) is 51.9 Å². The van der Waals surface area contributed by atoms with Crippen LogP contribution in [0.4, 0.5) is 0 Å². The first kappa shape index (κ1) is 14.5. The number of sulfonamides is 1. The molecule has 21 heavy (non-hydrogen) atoms. The lowest BCUT2D eigenvalue weighted by Crippen LogP contribution is -2.29. The standard InChI is InChI=1S/C13H13N3O2S3/c1-16-7-12(14-9-16)21(17,18)15-13(10-4-6-19-8-10)11-3-2-5-20-11/h2-9,13,15H,1H3. The lowest BCUT2D eigenvalue weighted by Gasteiger charge is -2.15. The number of rotatable bonds is 5. The molecule has 0 bridgehead atoms. The summed E-state index contributed by atoms with van der Waals surface area (Å²) in [6.07, 6.45) is 2.96. The first-order chi connectivity index (χ1) is 10.1. The minimum Gasteiger partial charge on any atom is -0.339 e. The van der Waals surface area contributed by atoms with Crippen LogP contribution < -0.4 is 4.72 Å². The molecule has 0 spiro atoms. The van der Waals surface area contributed by atoms with Crippen LogP contribution in [0.3, 0.4) is 0 Å². The van der Waals surface area contributed by atoms with E-state index in [1.807, 2.05) is 34.3 Å². The number of nitrogens with zero attached hydrogens (tertiary/aromatic N) is 2. The van der Waals surface area contributed by atoms with Gasteiger partial charge in [-0.15, -0.1) is 11.3 Å². The third-order valence-corrected chi connectivity index (χ3v) is 5.88. The molecule has 0 saturated heterocycles. The normalized spacial score (nSPS) is 13.4. The highest BCUT2D eigenvalue weighted by molar-refractivity contribution is 7.89. The van der Waals surface area contributed by atoms with Crippen molar-refractivity contribution in [3.63, 3.8) is 0 Å². The van der Waals surface area contributed by atoms with E-state index in [1.54, 1.807) is 23.0 Å². The molecule has 0 aliphatic carbocycles. The molecule has 3 aromatic rings. The number of aryl methyl sites for hydroxylation is 1. The molecule has 3 aromatic heterocycles. The van der Waals surface area contributed by atoms with Gasteiger partial charge in [0.2, 0.25) is 0 Å². The Kier molecular flexibility index (Phi) is 3.94. The molecule has 0 fully saturated rings. The monoisotopic (exact) mass is 339 g/mol. The quantitative estimate of drug-likeness (QED) is 0.777. The number of thiophene rings is 2. The Bertz CT molecular complexity index is 771. The second kappa shape index (κ2) is 5.72. The van der Waals surface area contributed by atoms with E-state index in [2.05, 4.69) is 9.71 Å². The minimum absolute atomic E-state index is 0.0294. The minimum atomic E-state index is -3.66. The molecule has 0 aliphatic heterocycles. The van der Waals surface area contributed by atoms with E-state index < -0.39 is 10.0 Å². The molecule has 1 unspecified atom stereocenters. The molecule has 0 aromatic carbocycles. The SMILES string of the molecule is Cn1cnc(S(=O)(=O)NC(c2ccsc2)c2cccs2)c1. The van der Waals surface area contributed by atoms with Crippen LogP contribution in [0, 0.1) is 0 Å². The van der Waals surface area contributed by atoms with Gasteiger partial charge in [-0.3, -0.25) is 0 Å². The summed E-state index contributed by atoms with van der Waals surface area (Å²) in [5.41, 5.74) is 0.932. The lowest BCUT2D eigenvalue weighted by molar-refractivity contribution is 0.570. The fourth-order valence-corrected chi connectivity index (χ4v) is 4.68. The first-order valence-electron chi connectivity index (χ1n) is 6.12. The summed E-state index contributed by atoms with van der Waals surface area (Å²) in [6.45, 7) is 0. The zero-order valence-corrected chi connectivity index (χ0v) is 13.6. The topological polar surface area (TPSA) is 64.0 Å². The van der Waals surface area contributed by atoms with Gasteiger partial charge < -0.3 is 4.57 Å². The van der Waals surface area contributed by atoms with Gasteiger partial charge in [-0.05, 0) is 33.8 Å². The van der Waals surface area contributed by atoms with E-state index in [0.29, 0.717) is 0 Å². The largest absolute Gasteiger partial charge is 0.339 e. The van der Waals surface area contributed by atoms with Gasteiger partial charge in [-0.2, -0.15) is 16.1 Å². The molecular weight excluding hydrogens is 326 g/mol. The molecular formula is C13H13N3O2S3. The third-order valence-electron chi connectivity index (χ3n) is 2.93. The lowest BCUT2D eigenvalue weighted by atomic mass is 10.1. The van der Waals surface area contributed by atoms with Gasteiger partial charge in [-0.1, -0.05) is 6.07 Å². The molecule has 3 rings (SSSR count). The molecule has 0 saturated carbocycles. The summed E-state index contributed by atoms with van der Waals surface area (Å²) >= 11 is 3.06.